The molecule has 0 heterocycles. The van der Waals surface area contributed by atoms with Gasteiger partial charge in [0, 0.05) is 7.05 Å². The molecule has 13 heavy (non-hydrogen) atoms. The zero-order valence-electron chi connectivity index (χ0n) is 8.24. The summed E-state index contributed by atoms with van der Waals surface area (Å²) in [6.45, 7) is 5.27. The molecule has 0 aromatic heterocycles. The molecule has 0 aromatic rings. The first kappa shape index (κ1) is 11.7. The largest absolute Gasteiger partial charge is 0.442 e. The van der Waals surface area contributed by atoms with E-state index in [9.17, 15) is 4.79 Å². The molecule has 0 aliphatic rings. The van der Waals surface area contributed by atoms with Crippen molar-refractivity contribution in [2.75, 3.05) is 7.05 Å². The molecule has 0 saturated heterocycles. The average molecular weight is 189 g/mol. The Morgan fingerprint density at radius 3 is 2.54 bits per heavy atom. The topological polar surface area (TPSA) is 74.2 Å². The molecular formula is C7H15N3O3. The number of hydrazone groups is 1. The second-order valence-electron chi connectivity index (χ2n) is 3.38. The number of amides is 1. The summed E-state index contributed by atoms with van der Waals surface area (Å²) < 4.78 is 4.96. The molecule has 6 heteroatoms. The fourth-order valence-corrected chi connectivity index (χ4v) is 0.488. The van der Waals surface area contributed by atoms with Gasteiger partial charge in [0.15, 0.2) is 0 Å². The van der Waals surface area contributed by atoms with E-state index in [0.29, 0.717) is 0 Å². The molecule has 2 N–H and O–H groups in total. The Labute approximate surface area is 77.1 Å². The fraction of sp³-hybridized carbons (Fsp3) is 0.714. The Bertz CT molecular complexity index is 198. The van der Waals surface area contributed by atoms with E-state index in [-0.39, 0.29) is 0 Å². The molecule has 0 spiro atoms. The third-order valence-electron chi connectivity index (χ3n) is 0.946. The van der Waals surface area contributed by atoms with Gasteiger partial charge in [0.2, 0.25) is 0 Å². The molecule has 0 aliphatic heterocycles. The smallest absolute Gasteiger partial charge is 0.430 e. The predicted octanol–water partition coefficient (Wildman–Crippen LogP) is 0.775. The van der Waals surface area contributed by atoms with Crippen molar-refractivity contribution < 1.29 is 14.7 Å². The first-order chi connectivity index (χ1) is 5.87. The summed E-state index contributed by atoms with van der Waals surface area (Å²) in [5.74, 6) is 0. The normalized spacial score (nSPS) is 11.5. The zero-order chi connectivity index (χ0) is 10.5. The van der Waals surface area contributed by atoms with E-state index in [1.807, 2.05) is 0 Å². The molecule has 1 amide bonds. The number of hydrogen-bond donors (Lipinski definition) is 2. The lowest BCUT2D eigenvalue weighted by Gasteiger charge is -2.21. The lowest BCUT2D eigenvalue weighted by molar-refractivity contribution is 0.0302. The third kappa shape index (κ3) is 5.92. The van der Waals surface area contributed by atoms with Gasteiger partial charge in [-0.1, -0.05) is 0 Å². The van der Waals surface area contributed by atoms with E-state index in [0.717, 1.165) is 11.3 Å². The highest BCUT2D eigenvalue weighted by atomic mass is 16.6. The molecule has 0 aromatic carbocycles. The van der Waals surface area contributed by atoms with Crippen molar-refractivity contribution in [3.05, 3.63) is 0 Å². The van der Waals surface area contributed by atoms with Gasteiger partial charge in [-0.25, -0.2) is 9.80 Å². The minimum Gasteiger partial charge on any atom is -0.442 e. The van der Waals surface area contributed by atoms with E-state index in [1.165, 1.54) is 7.05 Å². The third-order valence-corrected chi connectivity index (χ3v) is 0.946. The number of rotatable bonds is 2. The van der Waals surface area contributed by atoms with Crippen LogP contribution in [0.15, 0.2) is 5.10 Å². The second kappa shape index (κ2) is 4.66. The molecule has 0 fully saturated rings. The Hall–Kier alpha value is -1.30. The van der Waals surface area contributed by atoms with E-state index in [2.05, 4.69) is 5.10 Å². The van der Waals surface area contributed by atoms with Crippen LogP contribution in [0.25, 0.3) is 0 Å². The zero-order valence-corrected chi connectivity index (χ0v) is 8.24. The van der Waals surface area contributed by atoms with Crippen LogP contribution in [0.2, 0.25) is 0 Å². The molecule has 0 rings (SSSR count). The van der Waals surface area contributed by atoms with E-state index in [1.54, 1.807) is 26.3 Å². The summed E-state index contributed by atoms with van der Waals surface area (Å²) in [6.07, 6.45) is 0.378. The van der Waals surface area contributed by atoms with Crippen molar-refractivity contribution in [2.24, 2.45) is 5.10 Å². The number of ether oxygens (including phenoxy) is 1. The Morgan fingerprint density at radius 1 is 1.62 bits per heavy atom. The number of hydrogen-bond acceptors (Lipinski definition) is 4. The summed E-state index contributed by atoms with van der Waals surface area (Å²) >= 11 is 0. The van der Waals surface area contributed by atoms with Crippen LogP contribution in [-0.2, 0) is 4.74 Å². The second-order valence-corrected chi connectivity index (χ2v) is 3.38. The monoisotopic (exact) mass is 189 g/mol. The van der Waals surface area contributed by atoms with Gasteiger partial charge in [0.05, 0.1) is 0 Å². The van der Waals surface area contributed by atoms with Gasteiger partial charge in [-0.05, 0) is 20.8 Å². The maximum Gasteiger partial charge on any atom is 0.430 e. The molecule has 0 atom stereocenters. The van der Waals surface area contributed by atoms with E-state index in [4.69, 9.17) is 9.94 Å². The van der Waals surface area contributed by atoms with Gasteiger partial charge in [0.25, 0.3) is 0 Å². The molecular weight excluding hydrogens is 174 g/mol. The molecule has 76 valence electrons. The van der Waals surface area contributed by atoms with Gasteiger partial charge >= 0.3 is 6.09 Å². The number of nitrogens with one attached hydrogen (secondary N) is 1. The van der Waals surface area contributed by atoms with Crippen molar-refractivity contribution in [1.29, 1.82) is 0 Å². The van der Waals surface area contributed by atoms with Gasteiger partial charge in [-0.15, -0.1) is 0 Å². The molecule has 0 unspecified atom stereocenters. The Morgan fingerprint density at radius 2 is 2.15 bits per heavy atom. The van der Waals surface area contributed by atoms with Crippen molar-refractivity contribution in [1.82, 2.24) is 10.5 Å². The van der Waals surface area contributed by atoms with Crippen LogP contribution < -0.4 is 5.48 Å². The van der Waals surface area contributed by atoms with Gasteiger partial charge in [-0.3, -0.25) is 10.7 Å². The quantitative estimate of drug-likeness (QED) is 0.382. The Kier molecular flexibility index (Phi) is 4.19. The number of nitrogens with zero attached hydrogens (tertiary/aromatic N) is 2. The highest BCUT2D eigenvalue weighted by molar-refractivity contribution is 5.68. The average Bonchev–Trinajstić information content (AvgIpc) is 1.96. The van der Waals surface area contributed by atoms with Crippen LogP contribution in [-0.4, -0.2) is 35.3 Å². The lowest BCUT2D eigenvalue weighted by atomic mass is 10.2. The maximum atomic E-state index is 11.1. The SMILES string of the molecule is CN(N=CNO)C(=O)OC(C)(C)C. The van der Waals surface area contributed by atoms with Crippen LogP contribution >= 0.6 is 0 Å². The van der Waals surface area contributed by atoms with Crippen molar-refractivity contribution in [3.63, 3.8) is 0 Å². The van der Waals surface area contributed by atoms with Crippen molar-refractivity contribution in [2.45, 2.75) is 26.4 Å². The highest BCUT2D eigenvalue weighted by Gasteiger charge is 2.18. The van der Waals surface area contributed by atoms with Crippen LogP contribution in [0.1, 0.15) is 20.8 Å². The van der Waals surface area contributed by atoms with Crippen molar-refractivity contribution in [3.8, 4) is 0 Å². The molecule has 0 bridgehead atoms. The van der Waals surface area contributed by atoms with Gasteiger partial charge in [-0.2, -0.15) is 5.10 Å². The first-order valence-corrected chi connectivity index (χ1v) is 3.75. The first-order valence-electron chi connectivity index (χ1n) is 3.75. The number of carbonyl (C=O) groups is 1. The lowest BCUT2D eigenvalue weighted by Crippen LogP contribution is -2.31. The number of hydroxylamine groups is 1. The summed E-state index contributed by atoms with van der Waals surface area (Å²) in [5.41, 5.74) is 1.13. The molecule has 0 radical (unpaired) electrons. The standard InChI is InChI=1S/C7H15N3O3/c1-7(2,3)13-6(11)10(4)8-5-9-12/h5,12H,1-4H3,(H,8,9). The summed E-state index contributed by atoms with van der Waals surface area (Å²) in [4.78, 5) is 11.1. The molecule has 0 saturated carbocycles. The molecule has 6 nitrogen and oxygen atoms in total. The van der Waals surface area contributed by atoms with Crippen LogP contribution in [0.3, 0.4) is 0 Å². The van der Waals surface area contributed by atoms with Crippen LogP contribution in [0.5, 0.6) is 0 Å². The minimum absolute atomic E-state index is 0.548. The van der Waals surface area contributed by atoms with E-state index >= 15 is 0 Å². The van der Waals surface area contributed by atoms with Crippen LogP contribution in [0.4, 0.5) is 4.79 Å². The minimum atomic E-state index is -0.584. The van der Waals surface area contributed by atoms with Crippen LogP contribution in [0, 0.1) is 0 Å². The fourth-order valence-electron chi connectivity index (χ4n) is 0.488. The molecule has 0 aliphatic carbocycles. The number of carbonyl (C=O) groups excluding carboxylic acids is 1. The van der Waals surface area contributed by atoms with Crippen molar-refractivity contribution >= 4 is 12.4 Å². The van der Waals surface area contributed by atoms with Gasteiger partial charge < -0.3 is 4.74 Å². The summed E-state index contributed by atoms with van der Waals surface area (Å²) in [7, 11) is 1.42. The van der Waals surface area contributed by atoms with E-state index < -0.39 is 11.7 Å². The highest BCUT2D eigenvalue weighted by Crippen LogP contribution is 2.08. The maximum absolute atomic E-state index is 11.1. The predicted molar refractivity (Wildman–Crippen MR) is 47.4 cm³/mol. The Balaban J connectivity index is 4.04. The summed E-state index contributed by atoms with van der Waals surface area (Å²) in [5, 5.41) is 12.6. The summed E-state index contributed by atoms with van der Waals surface area (Å²) in [6, 6.07) is 0. The van der Waals surface area contributed by atoms with Gasteiger partial charge in [0.1, 0.15) is 11.9 Å².